The van der Waals surface area contributed by atoms with Crippen molar-refractivity contribution in [1.29, 1.82) is 5.26 Å². The van der Waals surface area contributed by atoms with E-state index in [0.717, 1.165) is 29.7 Å². The van der Waals surface area contributed by atoms with Crippen LogP contribution >= 0.6 is 11.3 Å². The van der Waals surface area contributed by atoms with Gasteiger partial charge in [-0.15, -0.1) is 11.3 Å². The molecule has 4 nitrogen and oxygen atoms in total. The number of alkyl halides is 2. The Morgan fingerprint density at radius 1 is 1.39 bits per heavy atom. The first-order valence-electron chi connectivity index (χ1n) is 9.10. The first-order chi connectivity index (χ1) is 13.2. The Morgan fingerprint density at radius 3 is 2.79 bits per heavy atom. The Balaban J connectivity index is 1.83. The third kappa shape index (κ3) is 4.33. The molecule has 1 N–H and O–H groups in total. The number of benzene rings is 1. The van der Waals surface area contributed by atoms with Gasteiger partial charge in [0.15, 0.2) is 0 Å². The summed E-state index contributed by atoms with van der Waals surface area (Å²) in [5.74, 6) is -0.0132. The summed E-state index contributed by atoms with van der Waals surface area (Å²) in [4.78, 5) is 13.7. The highest BCUT2D eigenvalue weighted by Gasteiger charge is 2.32. The Bertz CT molecular complexity index is 925. The third-order valence-corrected chi connectivity index (χ3v) is 6.32. The molecule has 148 valence electrons. The second kappa shape index (κ2) is 7.88. The molecular weight excluding hydrogens is 382 g/mol. The van der Waals surface area contributed by atoms with Gasteiger partial charge >= 0.3 is 6.61 Å². The lowest BCUT2D eigenvalue weighted by Gasteiger charge is -2.33. The van der Waals surface area contributed by atoms with Gasteiger partial charge in [-0.2, -0.15) is 14.0 Å². The van der Waals surface area contributed by atoms with Gasteiger partial charge in [0.25, 0.3) is 5.91 Å². The van der Waals surface area contributed by atoms with Crippen LogP contribution in [0.15, 0.2) is 24.3 Å². The van der Waals surface area contributed by atoms with Crippen LogP contribution in [0.5, 0.6) is 5.75 Å². The summed E-state index contributed by atoms with van der Waals surface area (Å²) in [6, 6.07) is 7.84. The molecule has 0 fully saturated rings. The van der Waals surface area contributed by atoms with Crippen LogP contribution in [0.3, 0.4) is 0 Å². The van der Waals surface area contributed by atoms with Gasteiger partial charge in [0.05, 0.1) is 5.56 Å². The number of thiophene rings is 1. The first-order valence-corrected chi connectivity index (χ1v) is 9.91. The molecule has 1 aromatic carbocycles. The van der Waals surface area contributed by atoms with E-state index in [-0.39, 0.29) is 16.7 Å². The van der Waals surface area contributed by atoms with Gasteiger partial charge in [0, 0.05) is 10.4 Å². The predicted octanol–water partition coefficient (Wildman–Crippen LogP) is 5.62. The molecule has 1 atom stereocenters. The number of anilines is 1. The molecule has 0 spiro atoms. The molecule has 1 aromatic heterocycles. The second-order valence-corrected chi connectivity index (χ2v) is 9.09. The number of carbonyl (C=O) groups excluding carboxylic acids is 1. The van der Waals surface area contributed by atoms with Crippen molar-refractivity contribution in [2.75, 3.05) is 5.32 Å². The van der Waals surface area contributed by atoms with E-state index in [0.29, 0.717) is 16.5 Å². The fraction of sp³-hybridized carbons (Fsp3) is 0.429. The maximum absolute atomic E-state index is 12.6. The molecule has 0 aliphatic heterocycles. The summed E-state index contributed by atoms with van der Waals surface area (Å²) in [5.41, 5.74) is 1.92. The Labute approximate surface area is 167 Å². The summed E-state index contributed by atoms with van der Waals surface area (Å²) in [5, 5.41) is 12.9. The molecule has 0 unspecified atom stereocenters. The average Bonchev–Trinajstić information content (AvgIpc) is 2.96. The number of fused-ring (bicyclic) bond motifs is 1. The highest BCUT2D eigenvalue weighted by Crippen LogP contribution is 2.44. The SMILES string of the molecule is CC(C)(C)[C@H]1CCc2c(sc(NC(=O)c3cccc(OC(F)F)c3)c2C#N)C1. The molecular formula is C21H22F2N2O2S. The highest BCUT2D eigenvalue weighted by atomic mass is 32.1. The standard InChI is InChI=1S/C21H22F2N2O2S/c1-21(2,3)13-7-8-15-16(11-24)19(28-17(15)10-13)25-18(26)12-5-4-6-14(9-12)27-20(22)23/h4-6,9,13,20H,7-8,10H2,1-3H3,(H,25,26)/t13-/m0/s1. The van der Waals surface area contributed by atoms with E-state index >= 15 is 0 Å². The Hall–Kier alpha value is -2.46. The van der Waals surface area contributed by atoms with E-state index in [1.165, 1.54) is 35.6 Å². The van der Waals surface area contributed by atoms with Crippen molar-refractivity contribution >= 4 is 22.2 Å². The van der Waals surface area contributed by atoms with Crippen molar-refractivity contribution in [2.45, 2.75) is 46.6 Å². The zero-order valence-electron chi connectivity index (χ0n) is 16.0. The number of nitrogens with one attached hydrogen (secondary N) is 1. The van der Waals surface area contributed by atoms with Crippen LogP contribution in [-0.4, -0.2) is 12.5 Å². The number of rotatable bonds is 4. The lowest BCUT2D eigenvalue weighted by Crippen LogP contribution is -2.26. The average molecular weight is 404 g/mol. The minimum atomic E-state index is -2.96. The zero-order chi connectivity index (χ0) is 20.5. The fourth-order valence-electron chi connectivity index (χ4n) is 3.52. The van der Waals surface area contributed by atoms with E-state index < -0.39 is 12.5 Å². The van der Waals surface area contributed by atoms with Crippen molar-refractivity contribution in [2.24, 2.45) is 11.3 Å². The molecule has 7 heteroatoms. The molecule has 28 heavy (non-hydrogen) atoms. The normalized spacial score (nSPS) is 16.4. The van der Waals surface area contributed by atoms with E-state index in [2.05, 4.69) is 36.9 Å². The summed E-state index contributed by atoms with van der Waals surface area (Å²) < 4.78 is 29.1. The van der Waals surface area contributed by atoms with Crippen molar-refractivity contribution in [3.63, 3.8) is 0 Å². The number of nitrogens with zero attached hydrogens (tertiary/aromatic N) is 1. The van der Waals surface area contributed by atoms with Crippen LogP contribution in [0.25, 0.3) is 0 Å². The number of halogens is 2. The number of nitriles is 1. The van der Waals surface area contributed by atoms with E-state index in [4.69, 9.17) is 0 Å². The van der Waals surface area contributed by atoms with Crippen LogP contribution in [0.2, 0.25) is 0 Å². The van der Waals surface area contributed by atoms with E-state index in [9.17, 15) is 18.8 Å². The first kappa shape index (κ1) is 20.3. The van der Waals surface area contributed by atoms with Crippen molar-refractivity contribution in [3.05, 3.63) is 45.8 Å². The van der Waals surface area contributed by atoms with Crippen molar-refractivity contribution in [3.8, 4) is 11.8 Å². The van der Waals surface area contributed by atoms with Crippen LogP contribution in [-0.2, 0) is 12.8 Å². The molecule has 0 bridgehead atoms. The van der Waals surface area contributed by atoms with Crippen LogP contribution in [0.4, 0.5) is 13.8 Å². The third-order valence-electron chi connectivity index (χ3n) is 5.15. The van der Waals surface area contributed by atoms with E-state index in [1.54, 1.807) is 0 Å². The summed E-state index contributed by atoms with van der Waals surface area (Å²) in [7, 11) is 0. The Morgan fingerprint density at radius 2 is 2.14 bits per heavy atom. The van der Waals surface area contributed by atoms with Crippen molar-refractivity contribution < 1.29 is 18.3 Å². The van der Waals surface area contributed by atoms with Gasteiger partial charge in [-0.3, -0.25) is 4.79 Å². The van der Waals surface area contributed by atoms with Crippen LogP contribution in [0.1, 0.15) is 53.6 Å². The molecule has 3 rings (SSSR count). The molecule has 0 radical (unpaired) electrons. The molecule has 1 heterocycles. The Kier molecular flexibility index (Phi) is 5.71. The second-order valence-electron chi connectivity index (χ2n) is 7.99. The quantitative estimate of drug-likeness (QED) is 0.719. The maximum Gasteiger partial charge on any atom is 0.387 e. The number of hydrogen-bond acceptors (Lipinski definition) is 4. The molecule has 1 amide bonds. The summed E-state index contributed by atoms with van der Waals surface area (Å²) >= 11 is 1.44. The van der Waals surface area contributed by atoms with Crippen LogP contribution in [0, 0.1) is 22.7 Å². The summed E-state index contributed by atoms with van der Waals surface area (Å²) in [6.07, 6.45) is 2.73. The summed E-state index contributed by atoms with van der Waals surface area (Å²) in [6.45, 7) is 3.71. The van der Waals surface area contributed by atoms with Gasteiger partial charge in [0.2, 0.25) is 0 Å². The molecule has 0 saturated carbocycles. The minimum Gasteiger partial charge on any atom is -0.435 e. The molecule has 2 aromatic rings. The van der Waals surface area contributed by atoms with Crippen molar-refractivity contribution in [1.82, 2.24) is 0 Å². The predicted molar refractivity (Wildman–Crippen MR) is 105 cm³/mol. The number of carbonyl (C=O) groups is 1. The van der Waals surface area contributed by atoms with E-state index in [1.807, 2.05) is 0 Å². The smallest absolute Gasteiger partial charge is 0.387 e. The largest absolute Gasteiger partial charge is 0.435 e. The van der Waals surface area contributed by atoms with Gasteiger partial charge in [-0.25, -0.2) is 0 Å². The van der Waals surface area contributed by atoms with Gasteiger partial charge in [-0.1, -0.05) is 26.8 Å². The zero-order valence-corrected chi connectivity index (χ0v) is 16.8. The number of ether oxygens (including phenoxy) is 1. The van der Waals surface area contributed by atoms with Gasteiger partial charge in [-0.05, 0) is 54.4 Å². The highest BCUT2D eigenvalue weighted by molar-refractivity contribution is 7.16. The molecule has 1 aliphatic rings. The number of hydrogen-bond donors (Lipinski definition) is 1. The van der Waals surface area contributed by atoms with Crippen LogP contribution < -0.4 is 10.1 Å². The monoisotopic (exact) mass is 404 g/mol. The van der Waals surface area contributed by atoms with Gasteiger partial charge < -0.3 is 10.1 Å². The lowest BCUT2D eigenvalue weighted by molar-refractivity contribution is -0.0498. The maximum atomic E-state index is 12.6. The molecule has 0 saturated heterocycles. The minimum absolute atomic E-state index is 0.0818. The number of amides is 1. The lowest BCUT2D eigenvalue weighted by atomic mass is 9.72. The van der Waals surface area contributed by atoms with Gasteiger partial charge in [0.1, 0.15) is 16.8 Å². The molecule has 1 aliphatic carbocycles. The topological polar surface area (TPSA) is 62.1 Å². The fourth-order valence-corrected chi connectivity index (χ4v) is 4.79.